The molecule has 0 aliphatic carbocycles. The Morgan fingerprint density at radius 1 is 1.38 bits per heavy atom. The lowest BCUT2D eigenvalue weighted by Gasteiger charge is -2.15. The highest BCUT2D eigenvalue weighted by molar-refractivity contribution is 5.90. The van der Waals surface area contributed by atoms with E-state index >= 15 is 0 Å². The molecule has 6 heteroatoms. The summed E-state index contributed by atoms with van der Waals surface area (Å²) in [6.45, 7) is 4.09. The molecule has 116 valence electrons. The summed E-state index contributed by atoms with van der Waals surface area (Å²) >= 11 is 0. The number of rotatable bonds is 9. The number of anilines is 1. The average molecular weight is 294 g/mol. The molecule has 0 radical (unpaired) electrons. The van der Waals surface area contributed by atoms with Gasteiger partial charge in [0.15, 0.2) is 0 Å². The number of nitro groups is 1. The van der Waals surface area contributed by atoms with Crippen LogP contribution < -0.4 is 5.32 Å². The Hall–Kier alpha value is -2.11. The van der Waals surface area contributed by atoms with Crippen LogP contribution in [0.25, 0.3) is 0 Å². The van der Waals surface area contributed by atoms with Crippen LogP contribution in [-0.4, -0.2) is 22.0 Å². The second-order valence-corrected chi connectivity index (χ2v) is 5.19. The first-order valence-electron chi connectivity index (χ1n) is 7.24. The minimum absolute atomic E-state index is 0.0429. The lowest BCUT2D eigenvalue weighted by molar-refractivity contribution is -0.384. The number of carboxylic acid groups (broad SMARTS) is 1. The molecule has 0 aromatic heterocycles. The molecule has 1 aromatic rings. The molecule has 1 aromatic carbocycles. The van der Waals surface area contributed by atoms with E-state index in [0.29, 0.717) is 0 Å². The maximum atomic E-state index is 11.0. The number of carbonyl (C=O) groups is 1. The smallest absolute Gasteiger partial charge is 0.335 e. The Labute approximate surface area is 124 Å². The highest BCUT2D eigenvalue weighted by atomic mass is 16.6. The normalized spacial score (nSPS) is 11.9. The first kappa shape index (κ1) is 16.9. The van der Waals surface area contributed by atoms with Crippen molar-refractivity contribution >= 4 is 17.3 Å². The van der Waals surface area contributed by atoms with E-state index in [1.807, 2.05) is 6.92 Å². The predicted molar refractivity (Wildman–Crippen MR) is 81.9 cm³/mol. The minimum atomic E-state index is -1.09. The van der Waals surface area contributed by atoms with E-state index in [1.165, 1.54) is 24.6 Å². The summed E-state index contributed by atoms with van der Waals surface area (Å²) in [6.07, 6.45) is 5.43. The molecule has 0 aliphatic heterocycles. The van der Waals surface area contributed by atoms with Gasteiger partial charge in [0, 0.05) is 12.1 Å². The number of aromatic carboxylic acids is 1. The number of nitrogens with zero attached hydrogens (tertiary/aromatic N) is 1. The summed E-state index contributed by atoms with van der Waals surface area (Å²) in [5.74, 6) is -1.09. The molecule has 0 aliphatic rings. The fourth-order valence-electron chi connectivity index (χ4n) is 2.16. The van der Waals surface area contributed by atoms with Crippen LogP contribution in [0.1, 0.15) is 56.3 Å². The number of nitrogens with one attached hydrogen (secondary N) is 1. The summed E-state index contributed by atoms with van der Waals surface area (Å²) in [6, 6.07) is 3.86. The molecular weight excluding hydrogens is 272 g/mol. The summed E-state index contributed by atoms with van der Waals surface area (Å²) in [7, 11) is 0. The van der Waals surface area contributed by atoms with Crippen molar-refractivity contribution in [2.24, 2.45) is 0 Å². The molecule has 0 saturated carbocycles. The zero-order chi connectivity index (χ0) is 15.8. The quantitative estimate of drug-likeness (QED) is 0.407. The fraction of sp³-hybridized carbons (Fsp3) is 0.533. The number of hydrogen-bond acceptors (Lipinski definition) is 4. The molecule has 21 heavy (non-hydrogen) atoms. The zero-order valence-electron chi connectivity index (χ0n) is 12.5. The molecule has 1 unspecified atom stereocenters. The van der Waals surface area contributed by atoms with Crippen LogP contribution in [0.15, 0.2) is 18.2 Å². The van der Waals surface area contributed by atoms with Crippen LogP contribution in [-0.2, 0) is 0 Å². The summed E-state index contributed by atoms with van der Waals surface area (Å²) < 4.78 is 0. The molecule has 6 nitrogen and oxygen atoms in total. The molecule has 1 rings (SSSR count). The van der Waals surface area contributed by atoms with E-state index in [2.05, 4.69) is 12.2 Å². The molecule has 0 fully saturated rings. The minimum Gasteiger partial charge on any atom is -0.478 e. The summed E-state index contributed by atoms with van der Waals surface area (Å²) in [5.41, 5.74) is 0.213. The lowest BCUT2D eigenvalue weighted by Crippen LogP contribution is -2.16. The first-order valence-corrected chi connectivity index (χ1v) is 7.24. The molecule has 0 amide bonds. The molecule has 0 heterocycles. The van der Waals surface area contributed by atoms with Crippen LogP contribution in [0.2, 0.25) is 0 Å². The van der Waals surface area contributed by atoms with Gasteiger partial charge in [-0.1, -0.05) is 32.6 Å². The molecule has 2 N–H and O–H groups in total. The summed E-state index contributed by atoms with van der Waals surface area (Å²) in [4.78, 5) is 21.5. The SMILES string of the molecule is CCCCCCC(C)Nc1cc(C(=O)O)ccc1[N+](=O)[O-]. The monoisotopic (exact) mass is 294 g/mol. The van der Waals surface area contributed by atoms with Gasteiger partial charge >= 0.3 is 5.97 Å². The van der Waals surface area contributed by atoms with Crippen LogP contribution in [0.3, 0.4) is 0 Å². The fourth-order valence-corrected chi connectivity index (χ4v) is 2.16. The van der Waals surface area contributed by atoms with Crippen molar-refractivity contribution in [2.75, 3.05) is 5.32 Å². The molecular formula is C15H22N2O4. The van der Waals surface area contributed by atoms with Gasteiger partial charge < -0.3 is 10.4 Å². The van der Waals surface area contributed by atoms with Gasteiger partial charge in [0.1, 0.15) is 5.69 Å². The third-order valence-electron chi connectivity index (χ3n) is 3.33. The summed E-state index contributed by atoms with van der Waals surface area (Å²) in [5, 5.41) is 23.0. The van der Waals surface area contributed by atoms with Crippen molar-refractivity contribution in [3.63, 3.8) is 0 Å². The van der Waals surface area contributed by atoms with E-state index in [4.69, 9.17) is 5.11 Å². The van der Waals surface area contributed by atoms with Gasteiger partial charge in [-0.3, -0.25) is 10.1 Å². The standard InChI is InChI=1S/C15H22N2O4/c1-3-4-5-6-7-11(2)16-13-10-12(15(18)19)8-9-14(13)17(20)21/h8-11,16H,3-7H2,1-2H3,(H,18,19). The van der Waals surface area contributed by atoms with Crippen molar-refractivity contribution in [3.8, 4) is 0 Å². The van der Waals surface area contributed by atoms with Crippen molar-refractivity contribution in [3.05, 3.63) is 33.9 Å². The third-order valence-corrected chi connectivity index (χ3v) is 3.33. The van der Waals surface area contributed by atoms with E-state index in [1.54, 1.807) is 0 Å². The predicted octanol–water partition coefficient (Wildman–Crippen LogP) is 4.06. The van der Waals surface area contributed by atoms with E-state index in [9.17, 15) is 14.9 Å². The van der Waals surface area contributed by atoms with Crippen molar-refractivity contribution in [1.82, 2.24) is 0 Å². The Bertz CT molecular complexity index is 502. The second kappa shape index (κ2) is 8.24. The van der Waals surface area contributed by atoms with Gasteiger partial charge in [0.05, 0.1) is 10.5 Å². The number of unbranched alkanes of at least 4 members (excludes halogenated alkanes) is 3. The maximum Gasteiger partial charge on any atom is 0.335 e. The van der Waals surface area contributed by atoms with E-state index < -0.39 is 10.9 Å². The molecule has 0 bridgehead atoms. The Morgan fingerprint density at radius 3 is 2.67 bits per heavy atom. The van der Waals surface area contributed by atoms with Crippen molar-refractivity contribution < 1.29 is 14.8 Å². The van der Waals surface area contributed by atoms with Crippen LogP contribution in [0, 0.1) is 10.1 Å². The Kier molecular flexibility index (Phi) is 6.65. The van der Waals surface area contributed by atoms with Gasteiger partial charge in [-0.05, 0) is 25.5 Å². The van der Waals surface area contributed by atoms with Gasteiger partial charge in [0.2, 0.25) is 0 Å². The lowest BCUT2D eigenvalue weighted by atomic mass is 10.1. The van der Waals surface area contributed by atoms with Gasteiger partial charge in [-0.15, -0.1) is 0 Å². The highest BCUT2D eigenvalue weighted by Gasteiger charge is 2.17. The van der Waals surface area contributed by atoms with Crippen molar-refractivity contribution in [2.45, 2.75) is 52.0 Å². The van der Waals surface area contributed by atoms with Gasteiger partial charge in [0.25, 0.3) is 5.69 Å². The molecule has 0 saturated heterocycles. The molecule has 0 spiro atoms. The highest BCUT2D eigenvalue weighted by Crippen LogP contribution is 2.27. The Balaban J connectivity index is 2.77. The van der Waals surface area contributed by atoms with Crippen LogP contribution in [0.5, 0.6) is 0 Å². The van der Waals surface area contributed by atoms with Crippen LogP contribution >= 0.6 is 0 Å². The number of carboxylic acids is 1. The second-order valence-electron chi connectivity index (χ2n) is 5.19. The number of nitro benzene ring substituents is 1. The van der Waals surface area contributed by atoms with E-state index in [0.717, 1.165) is 25.7 Å². The zero-order valence-corrected chi connectivity index (χ0v) is 12.5. The number of hydrogen-bond donors (Lipinski definition) is 2. The van der Waals surface area contributed by atoms with Gasteiger partial charge in [-0.25, -0.2) is 4.79 Å². The largest absolute Gasteiger partial charge is 0.478 e. The maximum absolute atomic E-state index is 11.0. The average Bonchev–Trinajstić information content (AvgIpc) is 2.43. The molecule has 1 atom stereocenters. The third kappa shape index (κ3) is 5.41. The topological polar surface area (TPSA) is 92.5 Å². The van der Waals surface area contributed by atoms with Gasteiger partial charge in [-0.2, -0.15) is 0 Å². The Morgan fingerprint density at radius 2 is 2.10 bits per heavy atom. The number of benzene rings is 1. The van der Waals surface area contributed by atoms with E-state index in [-0.39, 0.29) is 23.0 Å². The first-order chi connectivity index (χ1) is 9.95. The van der Waals surface area contributed by atoms with Crippen molar-refractivity contribution in [1.29, 1.82) is 0 Å². The van der Waals surface area contributed by atoms with Crippen LogP contribution in [0.4, 0.5) is 11.4 Å².